The predicted molar refractivity (Wildman–Crippen MR) is 135 cm³/mol. The standard InChI is InChI=1S/C25H41BN2O7/c1-22(2,3)32-20(29)27-14-16-12-18(26-34-24(7,8)25(9,10)35-26)13-17(19(16)31-11)15-28-21(30)33-23(4,5)6/h12-13H,14-15H2,1-11H3,(H,27,29)(H,28,30). The Morgan fingerprint density at radius 2 is 1.20 bits per heavy atom. The first-order chi connectivity index (χ1) is 15.8. The zero-order valence-electron chi connectivity index (χ0n) is 23.0. The molecule has 0 bridgehead atoms. The van der Waals surface area contributed by atoms with E-state index in [0.717, 1.165) is 5.46 Å². The minimum atomic E-state index is -0.633. The van der Waals surface area contributed by atoms with Crippen LogP contribution >= 0.6 is 0 Å². The average Bonchev–Trinajstić information content (AvgIpc) is 2.88. The molecule has 0 atom stereocenters. The Hall–Kier alpha value is -2.46. The monoisotopic (exact) mass is 492 g/mol. The van der Waals surface area contributed by atoms with E-state index in [4.69, 9.17) is 23.5 Å². The molecular weight excluding hydrogens is 451 g/mol. The highest BCUT2D eigenvalue weighted by Gasteiger charge is 2.52. The van der Waals surface area contributed by atoms with Crippen molar-refractivity contribution in [3.63, 3.8) is 0 Å². The van der Waals surface area contributed by atoms with Crippen LogP contribution in [0.1, 0.15) is 80.4 Å². The zero-order chi connectivity index (χ0) is 26.8. The van der Waals surface area contributed by atoms with Crippen LogP contribution in [0.25, 0.3) is 0 Å². The average molecular weight is 492 g/mol. The molecule has 0 radical (unpaired) electrons. The summed E-state index contributed by atoms with van der Waals surface area (Å²) in [5.74, 6) is 0.525. The number of methoxy groups -OCH3 is 1. The summed E-state index contributed by atoms with van der Waals surface area (Å²) in [6, 6.07) is 3.74. The van der Waals surface area contributed by atoms with Crippen LogP contribution in [-0.4, -0.2) is 48.8 Å². The van der Waals surface area contributed by atoms with Crippen LogP contribution in [0.2, 0.25) is 0 Å². The fourth-order valence-electron chi connectivity index (χ4n) is 3.38. The number of ether oxygens (including phenoxy) is 3. The molecule has 196 valence electrons. The molecule has 1 heterocycles. The Balaban J connectivity index is 2.37. The third-order valence-electron chi connectivity index (χ3n) is 5.64. The molecule has 2 rings (SSSR count). The van der Waals surface area contributed by atoms with E-state index in [1.807, 2.05) is 39.8 Å². The van der Waals surface area contributed by atoms with Crippen LogP contribution in [0.15, 0.2) is 12.1 Å². The van der Waals surface area contributed by atoms with E-state index in [-0.39, 0.29) is 13.1 Å². The Morgan fingerprint density at radius 3 is 1.51 bits per heavy atom. The lowest BCUT2D eigenvalue weighted by molar-refractivity contribution is 0.00578. The summed E-state index contributed by atoms with van der Waals surface area (Å²) in [5.41, 5.74) is -0.185. The van der Waals surface area contributed by atoms with Crippen molar-refractivity contribution < 1.29 is 33.1 Å². The maximum atomic E-state index is 12.3. The van der Waals surface area contributed by atoms with Gasteiger partial charge in [0.15, 0.2) is 0 Å². The maximum absolute atomic E-state index is 12.3. The minimum Gasteiger partial charge on any atom is -0.496 e. The van der Waals surface area contributed by atoms with Gasteiger partial charge in [0, 0.05) is 24.2 Å². The van der Waals surface area contributed by atoms with Crippen LogP contribution in [0.5, 0.6) is 5.75 Å². The third kappa shape index (κ3) is 8.03. The Bertz CT molecular complexity index is 864. The summed E-state index contributed by atoms with van der Waals surface area (Å²) in [7, 11) is 0.907. The van der Waals surface area contributed by atoms with E-state index in [9.17, 15) is 9.59 Å². The van der Waals surface area contributed by atoms with Crippen molar-refractivity contribution in [2.24, 2.45) is 0 Å². The van der Waals surface area contributed by atoms with Crippen molar-refractivity contribution in [3.05, 3.63) is 23.3 Å². The van der Waals surface area contributed by atoms with Gasteiger partial charge in [-0.3, -0.25) is 0 Å². The molecule has 10 heteroatoms. The molecule has 1 aromatic carbocycles. The highest BCUT2D eigenvalue weighted by atomic mass is 16.7. The number of nitrogens with one attached hydrogen (secondary N) is 2. The topological polar surface area (TPSA) is 104 Å². The number of rotatable bonds is 6. The van der Waals surface area contributed by atoms with E-state index in [0.29, 0.717) is 16.9 Å². The van der Waals surface area contributed by atoms with Crippen molar-refractivity contribution in [2.75, 3.05) is 7.11 Å². The van der Waals surface area contributed by atoms with Gasteiger partial charge in [-0.1, -0.05) is 12.1 Å². The zero-order valence-corrected chi connectivity index (χ0v) is 23.0. The fourth-order valence-corrected chi connectivity index (χ4v) is 3.38. The van der Waals surface area contributed by atoms with Gasteiger partial charge in [-0.2, -0.15) is 0 Å². The lowest BCUT2D eigenvalue weighted by Gasteiger charge is -2.32. The summed E-state index contributed by atoms with van der Waals surface area (Å²) in [5, 5.41) is 5.54. The van der Waals surface area contributed by atoms with Gasteiger partial charge in [-0.05, 0) is 74.7 Å². The van der Waals surface area contributed by atoms with E-state index in [1.165, 1.54) is 7.11 Å². The first kappa shape index (κ1) is 28.8. The van der Waals surface area contributed by atoms with Crippen LogP contribution in [0.3, 0.4) is 0 Å². The second-order valence-corrected chi connectivity index (χ2v) is 11.7. The van der Waals surface area contributed by atoms with Crippen molar-refractivity contribution >= 4 is 24.8 Å². The Kier molecular flexibility index (Phi) is 8.44. The fraction of sp³-hybridized carbons (Fsp3) is 0.680. The van der Waals surface area contributed by atoms with Gasteiger partial charge in [0.2, 0.25) is 0 Å². The number of hydrogen-bond acceptors (Lipinski definition) is 7. The number of hydrogen-bond donors (Lipinski definition) is 2. The molecule has 35 heavy (non-hydrogen) atoms. The number of benzene rings is 1. The largest absolute Gasteiger partial charge is 0.496 e. The predicted octanol–water partition coefficient (Wildman–Crippen LogP) is 4.04. The van der Waals surface area contributed by atoms with Crippen molar-refractivity contribution in [3.8, 4) is 5.75 Å². The van der Waals surface area contributed by atoms with Crippen molar-refractivity contribution in [2.45, 2.75) is 105 Å². The maximum Gasteiger partial charge on any atom is 0.494 e. The molecule has 1 aliphatic rings. The van der Waals surface area contributed by atoms with E-state index in [2.05, 4.69) is 10.6 Å². The summed E-state index contributed by atoms with van der Waals surface area (Å²) in [6.07, 6.45) is -1.09. The van der Waals surface area contributed by atoms with Crippen molar-refractivity contribution in [1.82, 2.24) is 10.6 Å². The van der Waals surface area contributed by atoms with Crippen LogP contribution < -0.4 is 20.8 Å². The Labute approximate surface area is 209 Å². The van der Waals surface area contributed by atoms with Gasteiger partial charge >= 0.3 is 19.3 Å². The van der Waals surface area contributed by atoms with Gasteiger partial charge in [-0.25, -0.2) is 9.59 Å². The van der Waals surface area contributed by atoms with Gasteiger partial charge < -0.3 is 34.2 Å². The van der Waals surface area contributed by atoms with Crippen LogP contribution in [-0.2, 0) is 31.9 Å². The molecule has 1 aromatic rings. The molecule has 0 unspecified atom stereocenters. The second kappa shape index (κ2) is 10.3. The highest BCUT2D eigenvalue weighted by molar-refractivity contribution is 6.62. The quantitative estimate of drug-likeness (QED) is 0.578. The first-order valence-corrected chi connectivity index (χ1v) is 11.8. The molecule has 0 spiro atoms. The molecule has 1 aliphatic heterocycles. The minimum absolute atomic E-state index is 0.144. The van der Waals surface area contributed by atoms with Crippen molar-refractivity contribution in [1.29, 1.82) is 0 Å². The van der Waals surface area contributed by atoms with Gasteiger partial charge in [0.25, 0.3) is 0 Å². The molecule has 1 saturated heterocycles. The number of carbonyl (C=O) groups is 2. The summed E-state index contributed by atoms with van der Waals surface area (Å²) >= 11 is 0. The third-order valence-corrected chi connectivity index (χ3v) is 5.64. The summed E-state index contributed by atoms with van der Waals surface area (Å²) in [6.45, 7) is 19.0. The lowest BCUT2D eigenvalue weighted by atomic mass is 9.77. The molecular formula is C25H41BN2O7. The SMILES string of the molecule is COc1c(CNC(=O)OC(C)(C)C)cc(B2OC(C)(C)C(C)(C)O2)cc1CNC(=O)OC(C)(C)C. The second-order valence-electron chi connectivity index (χ2n) is 11.7. The smallest absolute Gasteiger partial charge is 0.494 e. The van der Waals surface area contributed by atoms with Gasteiger partial charge in [-0.15, -0.1) is 0 Å². The molecule has 2 N–H and O–H groups in total. The van der Waals surface area contributed by atoms with Gasteiger partial charge in [0.1, 0.15) is 17.0 Å². The molecule has 0 aliphatic carbocycles. The number of alkyl carbamates (subject to hydrolysis) is 2. The first-order valence-electron chi connectivity index (χ1n) is 11.8. The Morgan fingerprint density at radius 1 is 0.829 bits per heavy atom. The molecule has 9 nitrogen and oxygen atoms in total. The molecule has 0 saturated carbocycles. The van der Waals surface area contributed by atoms with Gasteiger partial charge in [0.05, 0.1) is 18.3 Å². The molecule has 2 amide bonds. The van der Waals surface area contributed by atoms with E-state index in [1.54, 1.807) is 41.5 Å². The van der Waals surface area contributed by atoms with Crippen LogP contribution in [0.4, 0.5) is 9.59 Å². The van der Waals surface area contributed by atoms with Crippen LogP contribution in [0, 0.1) is 0 Å². The molecule has 1 fully saturated rings. The highest BCUT2D eigenvalue weighted by Crippen LogP contribution is 2.37. The van der Waals surface area contributed by atoms with E-state index < -0.39 is 41.7 Å². The summed E-state index contributed by atoms with van der Waals surface area (Å²) in [4.78, 5) is 24.6. The lowest BCUT2D eigenvalue weighted by Crippen LogP contribution is -2.41. The number of carbonyl (C=O) groups excluding carboxylic acids is 2. The summed E-state index contributed by atoms with van der Waals surface area (Å²) < 4.78 is 28.9. The number of amides is 2. The van der Waals surface area contributed by atoms with E-state index >= 15 is 0 Å². The molecule has 0 aromatic heterocycles. The normalized spacial score (nSPS) is 17.1.